The number of pyridine rings is 1. The lowest BCUT2D eigenvalue weighted by molar-refractivity contribution is -0.153. The molecule has 0 N–H and O–H groups in total. The quantitative estimate of drug-likeness (QED) is 0.793. The number of benzene rings is 1. The predicted octanol–water partition coefficient (Wildman–Crippen LogP) is 3.51. The molecule has 0 saturated carbocycles. The molecule has 1 heterocycles. The van der Waals surface area contributed by atoms with Crippen molar-refractivity contribution in [2.24, 2.45) is 0 Å². The van der Waals surface area contributed by atoms with E-state index >= 15 is 0 Å². The van der Waals surface area contributed by atoms with Gasteiger partial charge in [-0.05, 0) is 29.8 Å². The van der Waals surface area contributed by atoms with E-state index in [1.807, 2.05) is 0 Å². The van der Waals surface area contributed by atoms with Crippen LogP contribution in [-0.4, -0.2) is 31.2 Å². The molecule has 0 spiro atoms. The number of aromatic nitrogens is 1. The van der Waals surface area contributed by atoms with Gasteiger partial charge in [0.2, 0.25) is 0 Å². The number of alkyl halides is 3. The molecule has 116 valence electrons. The van der Waals surface area contributed by atoms with Crippen LogP contribution in [-0.2, 0) is 0 Å². The van der Waals surface area contributed by atoms with E-state index in [1.54, 1.807) is 6.07 Å². The molecule has 0 bridgehead atoms. The number of hydrogen-bond donors (Lipinski definition) is 0. The summed E-state index contributed by atoms with van der Waals surface area (Å²) in [6.45, 7) is -1.43. The molecule has 22 heavy (non-hydrogen) atoms. The Hall–Kier alpha value is -2.57. The van der Waals surface area contributed by atoms with Crippen LogP contribution in [0.4, 0.5) is 13.2 Å². The maximum Gasteiger partial charge on any atom is 0.422 e. The highest BCUT2D eigenvalue weighted by molar-refractivity contribution is 5.80. The molecule has 0 radical (unpaired) electrons. The van der Waals surface area contributed by atoms with E-state index in [2.05, 4.69) is 4.98 Å². The number of nitrogens with zero attached hydrogens (tertiary/aromatic N) is 1. The third-order valence-electron chi connectivity index (χ3n) is 2.75. The number of rotatable bonds is 5. The molecule has 0 unspecified atom stereocenters. The molecule has 7 heteroatoms. The van der Waals surface area contributed by atoms with E-state index < -0.39 is 12.8 Å². The standard InChI is InChI=1S/C15H12F3NO3/c1-21-14-5-12(6-19-7-14)11-2-10(8-20)3-13(4-11)22-9-15(16,17)18/h2-8H,9H2,1H3. The molecule has 1 aromatic heterocycles. The Morgan fingerprint density at radius 2 is 1.82 bits per heavy atom. The minimum Gasteiger partial charge on any atom is -0.495 e. The minimum absolute atomic E-state index is 0.0419. The van der Waals surface area contributed by atoms with Crippen molar-refractivity contribution in [3.63, 3.8) is 0 Å². The summed E-state index contributed by atoms with van der Waals surface area (Å²) in [5, 5.41) is 0. The summed E-state index contributed by atoms with van der Waals surface area (Å²) in [5.74, 6) is 0.450. The fourth-order valence-corrected chi connectivity index (χ4v) is 1.79. The van der Waals surface area contributed by atoms with Crippen LogP contribution in [0.3, 0.4) is 0 Å². The maximum atomic E-state index is 12.2. The molecule has 2 rings (SSSR count). The van der Waals surface area contributed by atoms with Crippen LogP contribution >= 0.6 is 0 Å². The van der Waals surface area contributed by atoms with Crippen LogP contribution < -0.4 is 9.47 Å². The number of halogens is 3. The highest BCUT2D eigenvalue weighted by Crippen LogP contribution is 2.28. The van der Waals surface area contributed by atoms with Gasteiger partial charge in [0.15, 0.2) is 6.61 Å². The molecule has 0 fully saturated rings. The Morgan fingerprint density at radius 1 is 1.09 bits per heavy atom. The zero-order valence-corrected chi connectivity index (χ0v) is 11.6. The van der Waals surface area contributed by atoms with Crippen LogP contribution in [0.15, 0.2) is 36.7 Å². The van der Waals surface area contributed by atoms with Gasteiger partial charge in [-0.2, -0.15) is 13.2 Å². The molecule has 0 amide bonds. The summed E-state index contributed by atoms with van der Waals surface area (Å²) in [5.41, 5.74) is 1.31. The summed E-state index contributed by atoms with van der Waals surface area (Å²) in [6.07, 6.45) is -0.902. The van der Waals surface area contributed by atoms with Gasteiger partial charge in [-0.3, -0.25) is 9.78 Å². The fraction of sp³-hybridized carbons (Fsp3) is 0.200. The Morgan fingerprint density at radius 3 is 2.45 bits per heavy atom. The van der Waals surface area contributed by atoms with Crippen molar-refractivity contribution < 1.29 is 27.4 Å². The lowest BCUT2D eigenvalue weighted by Gasteiger charge is -2.11. The van der Waals surface area contributed by atoms with Crippen molar-refractivity contribution in [1.82, 2.24) is 4.98 Å². The van der Waals surface area contributed by atoms with Gasteiger partial charge in [-0.25, -0.2) is 0 Å². The highest BCUT2D eigenvalue weighted by atomic mass is 19.4. The molecular formula is C15H12F3NO3. The molecule has 1 aromatic carbocycles. The number of hydrogen-bond acceptors (Lipinski definition) is 4. The van der Waals surface area contributed by atoms with E-state index in [1.165, 1.54) is 37.7 Å². The van der Waals surface area contributed by atoms with Crippen LogP contribution in [0.1, 0.15) is 10.4 Å². The van der Waals surface area contributed by atoms with Gasteiger partial charge in [-0.15, -0.1) is 0 Å². The summed E-state index contributed by atoms with van der Waals surface area (Å²) in [4.78, 5) is 14.9. The van der Waals surface area contributed by atoms with Gasteiger partial charge in [0, 0.05) is 17.3 Å². The van der Waals surface area contributed by atoms with Crippen LogP contribution in [0, 0.1) is 0 Å². The second-order valence-corrected chi connectivity index (χ2v) is 4.43. The summed E-state index contributed by atoms with van der Waals surface area (Å²) in [7, 11) is 1.47. The van der Waals surface area contributed by atoms with E-state index in [9.17, 15) is 18.0 Å². The van der Waals surface area contributed by atoms with Gasteiger partial charge in [0.05, 0.1) is 13.3 Å². The van der Waals surface area contributed by atoms with Crippen LogP contribution in [0.5, 0.6) is 11.5 Å². The number of aldehydes is 1. The molecular weight excluding hydrogens is 299 g/mol. The van der Waals surface area contributed by atoms with Gasteiger partial charge < -0.3 is 9.47 Å². The molecule has 0 aliphatic rings. The summed E-state index contributed by atoms with van der Waals surface area (Å²) >= 11 is 0. The van der Waals surface area contributed by atoms with Crippen LogP contribution in [0.2, 0.25) is 0 Å². The second-order valence-electron chi connectivity index (χ2n) is 4.43. The number of carbonyl (C=O) groups excluding carboxylic acids is 1. The van der Waals surface area contributed by atoms with Crippen molar-refractivity contribution in [2.75, 3.05) is 13.7 Å². The maximum absolute atomic E-state index is 12.2. The average molecular weight is 311 g/mol. The summed E-state index contributed by atoms with van der Waals surface area (Å²) in [6, 6.07) is 5.85. The normalized spacial score (nSPS) is 11.1. The van der Waals surface area contributed by atoms with Crippen molar-refractivity contribution in [3.05, 3.63) is 42.2 Å². The van der Waals surface area contributed by atoms with Crippen molar-refractivity contribution in [3.8, 4) is 22.6 Å². The van der Waals surface area contributed by atoms with Crippen LogP contribution in [0.25, 0.3) is 11.1 Å². The third kappa shape index (κ3) is 4.21. The first kappa shape index (κ1) is 15.8. The van der Waals surface area contributed by atoms with Crippen molar-refractivity contribution in [2.45, 2.75) is 6.18 Å². The van der Waals surface area contributed by atoms with E-state index in [-0.39, 0.29) is 11.3 Å². The molecule has 0 saturated heterocycles. The monoisotopic (exact) mass is 311 g/mol. The van der Waals surface area contributed by atoms with Gasteiger partial charge >= 0.3 is 6.18 Å². The average Bonchev–Trinajstić information content (AvgIpc) is 2.52. The number of ether oxygens (including phenoxy) is 2. The second kappa shape index (κ2) is 6.46. The smallest absolute Gasteiger partial charge is 0.422 e. The van der Waals surface area contributed by atoms with Crippen molar-refractivity contribution in [1.29, 1.82) is 0 Å². The zero-order valence-electron chi connectivity index (χ0n) is 11.6. The number of methoxy groups -OCH3 is 1. The Labute approximate surface area is 124 Å². The number of carbonyl (C=O) groups is 1. The first-order valence-electron chi connectivity index (χ1n) is 6.20. The largest absolute Gasteiger partial charge is 0.495 e. The Balaban J connectivity index is 2.36. The molecule has 2 aromatic rings. The summed E-state index contributed by atoms with van der Waals surface area (Å²) < 4.78 is 46.4. The van der Waals surface area contributed by atoms with E-state index in [4.69, 9.17) is 9.47 Å². The first-order chi connectivity index (χ1) is 10.4. The Kier molecular flexibility index (Phi) is 4.65. The molecule has 4 nitrogen and oxygen atoms in total. The van der Waals surface area contributed by atoms with E-state index in [0.717, 1.165) is 0 Å². The van der Waals surface area contributed by atoms with Gasteiger partial charge in [-0.1, -0.05) is 0 Å². The van der Waals surface area contributed by atoms with Gasteiger partial charge in [0.1, 0.15) is 17.8 Å². The lowest BCUT2D eigenvalue weighted by Crippen LogP contribution is -2.19. The molecule has 0 atom stereocenters. The predicted molar refractivity (Wildman–Crippen MR) is 73.2 cm³/mol. The fourth-order valence-electron chi connectivity index (χ4n) is 1.79. The SMILES string of the molecule is COc1cncc(-c2cc(C=O)cc(OCC(F)(F)F)c2)c1. The van der Waals surface area contributed by atoms with E-state index in [0.29, 0.717) is 23.2 Å². The van der Waals surface area contributed by atoms with Crippen molar-refractivity contribution >= 4 is 6.29 Å². The Bertz CT molecular complexity index is 671. The minimum atomic E-state index is -4.45. The zero-order chi connectivity index (χ0) is 16.2. The molecule has 0 aliphatic carbocycles. The van der Waals surface area contributed by atoms with Gasteiger partial charge in [0.25, 0.3) is 0 Å². The molecule has 0 aliphatic heterocycles. The lowest BCUT2D eigenvalue weighted by atomic mass is 10.0. The third-order valence-corrected chi connectivity index (χ3v) is 2.75. The first-order valence-corrected chi connectivity index (χ1v) is 6.20. The topological polar surface area (TPSA) is 48.4 Å². The highest BCUT2D eigenvalue weighted by Gasteiger charge is 2.28.